The molecule has 0 aliphatic carbocycles. The Morgan fingerprint density at radius 2 is 2.12 bits per heavy atom. The third-order valence-corrected chi connectivity index (χ3v) is 4.25. The Labute approximate surface area is 102 Å². The number of rotatable bonds is 4. The maximum atomic E-state index is 5.38. The normalized spacial score (nSPS) is 22.2. The predicted molar refractivity (Wildman–Crippen MR) is 69.0 cm³/mol. The molecule has 0 saturated carbocycles. The van der Waals surface area contributed by atoms with Gasteiger partial charge in [0.15, 0.2) is 0 Å². The number of ether oxygens (including phenoxy) is 1. The summed E-state index contributed by atoms with van der Waals surface area (Å²) in [5, 5.41) is 3.89. The summed E-state index contributed by atoms with van der Waals surface area (Å²) in [6, 6.07) is 9.27. The first-order chi connectivity index (χ1) is 7.79. The molecule has 2 nitrogen and oxygen atoms in total. The number of nitrogens with one attached hydrogen (secondary N) is 1. The average molecular weight is 237 g/mol. The van der Waals surface area contributed by atoms with Gasteiger partial charge in [0, 0.05) is 22.8 Å². The highest BCUT2D eigenvalue weighted by Crippen LogP contribution is 2.29. The van der Waals surface area contributed by atoms with Crippen molar-refractivity contribution in [3.8, 4) is 0 Å². The molecule has 2 rings (SSSR count). The van der Waals surface area contributed by atoms with Crippen molar-refractivity contribution in [2.75, 3.05) is 20.3 Å². The van der Waals surface area contributed by atoms with Crippen LogP contribution in [0, 0.1) is 0 Å². The minimum absolute atomic E-state index is 0.425. The fraction of sp³-hybridized carbons (Fsp3) is 0.538. The highest BCUT2D eigenvalue weighted by Gasteiger charge is 2.16. The van der Waals surface area contributed by atoms with Gasteiger partial charge in [0.2, 0.25) is 0 Å². The minimum atomic E-state index is 0.425. The van der Waals surface area contributed by atoms with Crippen molar-refractivity contribution in [2.45, 2.75) is 29.5 Å². The summed E-state index contributed by atoms with van der Waals surface area (Å²) in [6.07, 6.45) is 1.18. The highest BCUT2D eigenvalue weighted by molar-refractivity contribution is 8.00. The van der Waals surface area contributed by atoms with Crippen LogP contribution in [0.25, 0.3) is 0 Å². The lowest BCUT2D eigenvalue weighted by atomic mass is 10.1. The lowest BCUT2D eigenvalue weighted by molar-refractivity contribution is 0.199. The molecular weight excluding hydrogens is 218 g/mol. The Bertz CT molecular complexity index is 319. The van der Waals surface area contributed by atoms with Gasteiger partial charge in [-0.2, -0.15) is 0 Å². The van der Waals surface area contributed by atoms with E-state index < -0.39 is 0 Å². The van der Waals surface area contributed by atoms with E-state index in [2.05, 4.69) is 36.5 Å². The van der Waals surface area contributed by atoms with Gasteiger partial charge in [0.05, 0.1) is 6.61 Å². The molecule has 0 radical (unpaired) electrons. The van der Waals surface area contributed by atoms with E-state index in [1.54, 1.807) is 0 Å². The van der Waals surface area contributed by atoms with E-state index in [1.165, 1.54) is 16.9 Å². The van der Waals surface area contributed by atoms with E-state index in [9.17, 15) is 0 Å². The van der Waals surface area contributed by atoms with Crippen LogP contribution in [0.2, 0.25) is 0 Å². The van der Waals surface area contributed by atoms with Crippen molar-refractivity contribution in [1.29, 1.82) is 0 Å². The van der Waals surface area contributed by atoms with Gasteiger partial charge in [-0.1, -0.05) is 12.1 Å². The molecule has 1 aromatic carbocycles. The fourth-order valence-electron chi connectivity index (χ4n) is 1.80. The number of hydrogen-bond donors (Lipinski definition) is 1. The van der Waals surface area contributed by atoms with Gasteiger partial charge in [-0.25, -0.2) is 0 Å². The molecule has 1 heterocycles. The first-order valence-corrected chi connectivity index (χ1v) is 6.69. The molecule has 3 heteroatoms. The van der Waals surface area contributed by atoms with E-state index in [1.807, 2.05) is 18.8 Å². The quantitative estimate of drug-likeness (QED) is 0.870. The zero-order valence-corrected chi connectivity index (χ0v) is 10.7. The second-order valence-electron chi connectivity index (χ2n) is 4.18. The largest absolute Gasteiger partial charge is 0.380 e. The molecule has 0 bridgehead atoms. The lowest BCUT2D eigenvalue weighted by Crippen LogP contribution is -2.11. The van der Waals surface area contributed by atoms with Crippen molar-refractivity contribution >= 4 is 11.8 Å². The topological polar surface area (TPSA) is 21.3 Å². The molecule has 2 atom stereocenters. The van der Waals surface area contributed by atoms with Crippen LogP contribution in [0.1, 0.15) is 24.9 Å². The maximum Gasteiger partial charge on any atom is 0.0589 e. The van der Waals surface area contributed by atoms with Crippen LogP contribution in [0.5, 0.6) is 0 Å². The van der Waals surface area contributed by atoms with Gasteiger partial charge in [-0.15, -0.1) is 11.8 Å². The molecule has 0 amide bonds. The molecule has 2 unspecified atom stereocenters. The number of benzene rings is 1. The highest BCUT2D eigenvalue weighted by atomic mass is 32.2. The van der Waals surface area contributed by atoms with Crippen molar-refractivity contribution < 1.29 is 4.74 Å². The lowest BCUT2D eigenvalue weighted by Gasteiger charge is -2.12. The summed E-state index contributed by atoms with van der Waals surface area (Å²) >= 11 is 1.93. The maximum absolute atomic E-state index is 5.38. The van der Waals surface area contributed by atoms with Crippen LogP contribution in [0.4, 0.5) is 0 Å². The summed E-state index contributed by atoms with van der Waals surface area (Å²) in [4.78, 5) is 1.35. The molecule has 1 aliphatic rings. The van der Waals surface area contributed by atoms with E-state index in [0.29, 0.717) is 11.3 Å². The fourth-order valence-corrected chi connectivity index (χ4v) is 2.86. The molecule has 1 aromatic rings. The predicted octanol–water partition coefficient (Wildman–Crippen LogP) is 2.85. The van der Waals surface area contributed by atoms with Crippen LogP contribution >= 0.6 is 11.8 Å². The number of hydrogen-bond acceptors (Lipinski definition) is 3. The summed E-state index contributed by atoms with van der Waals surface area (Å²) in [6.45, 7) is 4.00. The molecule has 0 aromatic heterocycles. The third kappa shape index (κ3) is 3.00. The molecule has 16 heavy (non-hydrogen) atoms. The van der Waals surface area contributed by atoms with Crippen LogP contribution in [-0.2, 0) is 4.74 Å². The molecule has 1 N–H and O–H groups in total. The molecule has 88 valence electrons. The minimum Gasteiger partial charge on any atom is -0.380 e. The first-order valence-electron chi connectivity index (χ1n) is 5.81. The Balaban J connectivity index is 1.96. The smallest absolute Gasteiger partial charge is 0.0589 e. The molecule has 1 aliphatic heterocycles. The molecular formula is C13H19NOS. The molecule has 1 saturated heterocycles. The van der Waals surface area contributed by atoms with Gasteiger partial charge in [0.1, 0.15) is 0 Å². The third-order valence-electron chi connectivity index (χ3n) is 3.00. The van der Waals surface area contributed by atoms with E-state index in [0.717, 1.165) is 13.2 Å². The van der Waals surface area contributed by atoms with E-state index in [4.69, 9.17) is 4.74 Å². The Kier molecular flexibility index (Phi) is 4.27. The van der Waals surface area contributed by atoms with Crippen molar-refractivity contribution in [3.05, 3.63) is 29.8 Å². The van der Waals surface area contributed by atoms with Crippen LogP contribution in [-0.4, -0.2) is 25.5 Å². The summed E-state index contributed by atoms with van der Waals surface area (Å²) < 4.78 is 5.38. The zero-order chi connectivity index (χ0) is 11.4. The average Bonchev–Trinajstić information content (AvgIpc) is 2.82. The molecule has 1 fully saturated rings. The van der Waals surface area contributed by atoms with E-state index >= 15 is 0 Å². The van der Waals surface area contributed by atoms with Crippen LogP contribution in [0.15, 0.2) is 29.2 Å². The SMILES string of the molecule is CNC(C)c1ccc(SC2CCOC2)cc1. The van der Waals surface area contributed by atoms with Crippen molar-refractivity contribution in [3.63, 3.8) is 0 Å². The summed E-state index contributed by atoms with van der Waals surface area (Å²) in [7, 11) is 1.99. The summed E-state index contributed by atoms with van der Waals surface area (Å²) in [5.74, 6) is 0. The zero-order valence-electron chi connectivity index (χ0n) is 9.90. The van der Waals surface area contributed by atoms with Gasteiger partial charge < -0.3 is 10.1 Å². The second kappa shape index (κ2) is 5.71. The Morgan fingerprint density at radius 3 is 2.69 bits per heavy atom. The van der Waals surface area contributed by atoms with Crippen molar-refractivity contribution in [1.82, 2.24) is 5.32 Å². The Hall–Kier alpha value is -0.510. The van der Waals surface area contributed by atoms with Crippen molar-refractivity contribution in [2.24, 2.45) is 0 Å². The number of thioether (sulfide) groups is 1. The monoisotopic (exact) mass is 237 g/mol. The van der Waals surface area contributed by atoms with Crippen LogP contribution in [0.3, 0.4) is 0 Å². The van der Waals surface area contributed by atoms with Crippen LogP contribution < -0.4 is 5.32 Å². The standard InChI is InChI=1S/C13H19NOS/c1-10(14-2)11-3-5-12(6-4-11)16-13-7-8-15-9-13/h3-6,10,13-14H,7-9H2,1-2H3. The van der Waals surface area contributed by atoms with Gasteiger partial charge in [-0.05, 0) is 38.1 Å². The van der Waals surface area contributed by atoms with Gasteiger partial charge >= 0.3 is 0 Å². The second-order valence-corrected chi connectivity index (χ2v) is 5.56. The molecule has 0 spiro atoms. The van der Waals surface area contributed by atoms with E-state index in [-0.39, 0.29) is 0 Å². The van der Waals surface area contributed by atoms with Gasteiger partial charge in [-0.3, -0.25) is 0 Å². The first kappa shape index (κ1) is 12.0. The van der Waals surface area contributed by atoms with Gasteiger partial charge in [0.25, 0.3) is 0 Å². The Morgan fingerprint density at radius 1 is 1.38 bits per heavy atom. The summed E-state index contributed by atoms with van der Waals surface area (Å²) in [5.41, 5.74) is 1.34.